The predicted octanol–water partition coefficient (Wildman–Crippen LogP) is 2.87. The molecule has 1 saturated heterocycles. The van der Waals surface area contributed by atoms with Gasteiger partial charge in [-0.05, 0) is 63.3 Å². The maximum absolute atomic E-state index is 12.4. The molecule has 1 aliphatic heterocycles. The van der Waals surface area contributed by atoms with Crippen molar-refractivity contribution >= 4 is 5.91 Å². The van der Waals surface area contributed by atoms with Gasteiger partial charge in [-0.25, -0.2) is 0 Å². The summed E-state index contributed by atoms with van der Waals surface area (Å²) in [6, 6.07) is 10.9. The second kappa shape index (κ2) is 8.87. The number of nitrogens with one attached hydrogen (secondary N) is 1. The minimum absolute atomic E-state index is 0.0111. The number of rotatable bonds is 8. The van der Waals surface area contributed by atoms with Crippen LogP contribution < -0.4 is 10.1 Å². The summed E-state index contributed by atoms with van der Waals surface area (Å²) in [5, 5.41) is 2.96. The third kappa shape index (κ3) is 4.86. The van der Waals surface area contributed by atoms with E-state index in [9.17, 15) is 4.79 Å². The van der Waals surface area contributed by atoms with E-state index in [-0.39, 0.29) is 18.1 Å². The van der Waals surface area contributed by atoms with Crippen molar-refractivity contribution in [3.63, 3.8) is 0 Å². The summed E-state index contributed by atoms with van der Waals surface area (Å²) >= 11 is 0. The van der Waals surface area contributed by atoms with Crippen LogP contribution in [-0.4, -0.2) is 50.8 Å². The fourth-order valence-electron chi connectivity index (χ4n) is 2.98. The largest absolute Gasteiger partial charge is 0.491 e. The normalized spacial score (nSPS) is 18.0. The molecular weight excluding hydrogens is 332 g/mol. The molecule has 2 atom stereocenters. The first-order valence-corrected chi connectivity index (χ1v) is 8.96. The molecule has 2 heterocycles. The van der Waals surface area contributed by atoms with Crippen molar-refractivity contribution in [1.29, 1.82) is 0 Å². The second-order valence-corrected chi connectivity index (χ2v) is 6.68. The summed E-state index contributed by atoms with van der Waals surface area (Å²) in [6.45, 7) is 1.84. The van der Waals surface area contributed by atoms with Crippen molar-refractivity contribution in [2.75, 3.05) is 33.9 Å². The number of hydrogen-bond acceptors (Lipinski definition) is 5. The molecule has 26 heavy (non-hydrogen) atoms. The Morgan fingerprint density at radius 2 is 2.12 bits per heavy atom. The zero-order valence-corrected chi connectivity index (χ0v) is 15.3. The molecule has 3 rings (SSSR count). The lowest BCUT2D eigenvalue weighted by atomic mass is 10.1. The Morgan fingerprint density at radius 3 is 2.73 bits per heavy atom. The first-order valence-electron chi connectivity index (χ1n) is 8.96. The molecule has 0 spiro atoms. The lowest BCUT2D eigenvalue weighted by molar-refractivity contribution is 0.0679. The molecule has 6 nitrogen and oxygen atoms in total. The topological polar surface area (TPSA) is 63.9 Å². The third-order valence-electron chi connectivity index (χ3n) is 4.53. The summed E-state index contributed by atoms with van der Waals surface area (Å²) in [4.78, 5) is 14.4. The molecule has 6 heteroatoms. The Labute approximate surface area is 154 Å². The van der Waals surface area contributed by atoms with E-state index in [2.05, 4.69) is 5.32 Å². The molecule has 0 saturated carbocycles. The van der Waals surface area contributed by atoms with Crippen molar-refractivity contribution < 1.29 is 18.7 Å². The molecule has 2 unspecified atom stereocenters. The molecule has 1 fully saturated rings. The van der Waals surface area contributed by atoms with Gasteiger partial charge < -0.3 is 19.2 Å². The molecule has 140 valence electrons. The lowest BCUT2D eigenvalue weighted by Crippen LogP contribution is -2.34. The van der Waals surface area contributed by atoms with E-state index < -0.39 is 0 Å². The van der Waals surface area contributed by atoms with Gasteiger partial charge in [-0.15, -0.1) is 0 Å². The standard InChI is InChI=1S/C20H26N2O4/c1-22(2)18(19-6-4-12-25-19)13-21-20(23)15-7-9-16(10-8-15)26-14-17-5-3-11-24-17/h4,6-10,12,17-18H,3,5,11,13-14H2,1-2H3,(H,21,23). The van der Waals surface area contributed by atoms with Gasteiger partial charge in [0.05, 0.1) is 18.4 Å². The Balaban J connectivity index is 1.50. The molecule has 1 N–H and O–H groups in total. The first-order chi connectivity index (χ1) is 12.6. The first kappa shape index (κ1) is 18.5. The minimum atomic E-state index is -0.117. The summed E-state index contributed by atoms with van der Waals surface area (Å²) in [7, 11) is 3.92. The van der Waals surface area contributed by atoms with Crippen LogP contribution in [-0.2, 0) is 4.74 Å². The highest BCUT2D eigenvalue weighted by atomic mass is 16.5. The van der Waals surface area contributed by atoms with Gasteiger partial charge in [0.15, 0.2) is 0 Å². The van der Waals surface area contributed by atoms with Crippen LogP contribution in [0.1, 0.15) is 35.0 Å². The third-order valence-corrected chi connectivity index (χ3v) is 4.53. The number of ether oxygens (including phenoxy) is 2. The van der Waals surface area contributed by atoms with Crippen LogP contribution in [0.4, 0.5) is 0 Å². The zero-order valence-electron chi connectivity index (χ0n) is 15.3. The van der Waals surface area contributed by atoms with Crippen LogP contribution >= 0.6 is 0 Å². The number of furan rings is 1. The van der Waals surface area contributed by atoms with Crippen molar-refractivity contribution in [3.8, 4) is 5.75 Å². The van der Waals surface area contributed by atoms with Crippen LogP contribution in [0.2, 0.25) is 0 Å². The average Bonchev–Trinajstić information content (AvgIpc) is 3.34. The maximum atomic E-state index is 12.4. The summed E-state index contributed by atoms with van der Waals surface area (Å²) in [5.74, 6) is 1.46. The fourth-order valence-corrected chi connectivity index (χ4v) is 2.98. The quantitative estimate of drug-likeness (QED) is 0.786. The summed E-state index contributed by atoms with van der Waals surface area (Å²) in [5.41, 5.74) is 0.603. The van der Waals surface area contributed by atoms with Crippen LogP contribution in [0.15, 0.2) is 47.1 Å². The Bertz CT molecular complexity index is 676. The number of carbonyl (C=O) groups is 1. The average molecular weight is 358 g/mol. The van der Waals surface area contributed by atoms with Crippen LogP contribution in [0.3, 0.4) is 0 Å². The summed E-state index contributed by atoms with van der Waals surface area (Å²) < 4.78 is 16.7. The van der Waals surface area contributed by atoms with E-state index in [4.69, 9.17) is 13.9 Å². The van der Waals surface area contributed by atoms with Crippen LogP contribution in [0.5, 0.6) is 5.75 Å². The molecule has 0 bridgehead atoms. The Morgan fingerprint density at radius 1 is 1.31 bits per heavy atom. The number of nitrogens with zero attached hydrogens (tertiary/aromatic N) is 1. The molecule has 0 radical (unpaired) electrons. The highest BCUT2D eigenvalue weighted by Crippen LogP contribution is 2.19. The maximum Gasteiger partial charge on any atom is 0.251 e. The molecule has 1 aromatic heterocycles. The molecule has 1 aromatic carbocycles. The van der Waals surface area contributed by atoms with E-state index in [1.807, 2.05) is 43.3 Å². The number of carbonyl (C=O) groups excluding carboxylic acids is 1. The molecule has 1 amide bonds. The van der Waals surface area contributed by atoms with E-state index >= 15 is 0 Å². The molecular formula is C20H26N2O4. The second-order valence-electron chi connectivity index (χ2n) is 6.68. The van der Waals surface area contributed by atoms with Crippen LogP contribution in [0.25, 0.3) is 0 Å². The van der Waals surface area contributed by atoms with Crippen molar-refractivity contribution in [3.05, 3.63) is 54.0 Å². The predicted molar refractivity (Wildman–Crippen MR) is 98.4 cm³/mol. The number of benzene rings is 1. The summed E-state index contributed by atoms with van der Waals surface area (Å²) in [6.07, 6.45) is 3.97. The Hall–Kier alpha value is -2.31. The lowest BCUT2D eigenvalue weighted by Gasteiger charge is -2.22. The van der Waals surface area contributed by atoms with E-state index in [1.54, 1.807) is 18.4 Å². The van der Waals surface area contributed by atoms with Gasteiger partial charge in [0.2, 0.25) is 0 Å². The van der Waals surface area contributed by atoms with E-state index in [0.29, 0.717) is 18.7 Å². The van der Waals surface area contributed by atoms with Gasteiger partial charge >= 0.3 is 0 Å². The highest BCUT2D eigenvalue weighted by Gasteiger charge is 2.19. The van der Waals surface area contributed by atoms with Gasteiger partial charge in [-0.3, -0.25) is 9.69 Å². The Kier molecular flexibility index (Phi) is 6.30. The van der Waals surface area contributed by atoms with Crippen LogP contribution in [0, 0.1) is 0 Å². The number of likely N-dealkylation sites (N-methyl/N-ethyl adjacent to an activating group) is 1. The highest BCUT2D eigenvalue weighted by molar-refractivity contribution is 5.94. The monoisotopic (exact) mass is 358 g/mol. The SMILES string of the molecule is CN(C)C(CNC(=O)c1ccc(OCC2CCCO2)cc1)c1ccco1. The number of hydrogen-bond donors (Lipinski definition) is 1. The minimum Gasteiger partial charge on any atom is -0.491 e. The van der Waals surface area contributed by atoms with E-state index in [0.717, 1.165) is 31.0 Å². The number of amides is 1. The van der Waals surface area contributed by atoms with Gasteiger partial charge in [-0.2, -0.15) is 0 Å². The van der Waals surface area contributed by atoms with Gasteiger partial charge in [-0.1, -0.05) is 0 Å². The van der Waals surface area contributed by atoms with Crippen molar-refractivity contribution in [2.45, 2.75) is 25.0 Å². The van der Waals surface area contributed by atoms with Gasteiger partial charge in [0.1, 0.15) is 18.1 Å². The molecule has 1 aliphatic rings. The van der Waals surface area contributed by atoms with Crippen molar-refractivity contribution in [1.82, 2.24) is 10.2 Å². The zero-order chi connectivity index (χ0) is 18.4. The van der Waals surface area contributed by atoms with Gasteiger partial charge in [0, 0.05) is 18.7 Å². The smallest absolute Gasteiger partial charge is 0.251 e. The molecule has 0 aliphatic carbocycles. The van der Waals surface area contributed by atoms with Crippen molar-refractivity contribution in [2.24, 2.45) is 0 Å². The van der Waals surface area contributed by atoms with E-state index in [1.165, 1.54) is 0 Å². The van der Waals surface area contributed by atoms with Gasteiger partial charge in [0.25, 0.3) is 5.91 Å². The fraction of sp³-hybridized carbons (Fsp3) is 0.450. The molecule has 2 aromatic rings.